The van der Waals surface area contributed by atoms with Gasteiger partial charge in [0.25, 0.3) is 0 Å². The van der Waals surface area contributed by atoms with Crippen LogP contribution >= 0.6 is 47.2 Å². The van der Waals surface area contributed by atoms with Crippen LogP contribution in [0.1, 0.15) is 74.6 Å². The number of carbonyl (C=O) groups excluding carboxylic acids is 1. The van der Waals surface area contributed by atoms with Crippen molar-refractivity contribution in [2.24, 2.45) is 0 Å². The summed E-state index contributed by atoms with van der Waals surface area (Å²) in [4.78, 5) is 22.5. The Balaban J connectivity index is 0.000000321. The van der Waals surface area contributed by atoms with E-state index in [9.17, 15) is 4.79 Å². The van der Waals surface area contributed by atoms with Gasteiger partial charge >= 0.3 is 0 Å². The van der Waals surface area contributed by atoms with E-state index in [2.05, 4.69) is 42.6 Å². The molecule has 47 heavy (non-hydrogen) atoms. The van der Waals surface area contributed by atoms with E-state index in [1.54, 1.807) is 49.0 Å². The van der Waals surface area contributed by atoms with Gasteiger partial charge in [-0.25, -0.2) is 4.98 Å². The van der Waals surface area contributed by atoms with Gasteiger partial charge in [-0.1, -0.05) is 76.0 Å². The lowest BCUT2D eigenvalue weighted by atomic mass is 10.2. The first-order valence-electron chi connectivity index (χ1n) is 14.1. The first-order valence-corrected chi connectivity index (χ1v) is 15.2. The van der Waals surface area contributed by atoms with Crippen molar-refractivity contribution >= 4 is 53.5 Å². The van der Waals surface area contributed by atoms with E-state index in [1.807, 2.05) is 49.4 Å². The highest BCUT2D eigenvalue weighted by Gasteiger charge is 2.08. The van der Waals surface area contributed by atoms with Gasteiger partial charge in [-0.3, -0.25) is 14.8 Å². The van der Waals surface area contributed by atoms with Crippen molar-refractivity contribution in [1.82, 2.24) is 15.0 Å². The lowest BCUT2D eigenvalue weighted by molar-refractivity contribution is 0.110. The maximum absolute atomic E-state index is 10.4. The highest BCUT2D eigenvalue weighted by molar-refractivity contribution is 6.30. The molecule has 7 nitrogen and oxygen atoms in total. The fourth-order valence-electron chi connectivity index (χ4n) is 3.47. The van der Waals surface area contributed by atoms with E-state index < -0.39 is 0 Å². The minimum Gasteiger partial charge on any atom is -0.469 e. The summed E-state index contributed by atoms with van der Waals surface area (Å²) in [5.41, 5.74) is 2.60. The van der Waals surface area contributed by atoms with Crippen LogP contribution in [0, 0.1) is 6.92 Å². The molecule has 250 valence electrons. The zero-order valence-corrected chi connectivity index (χ0v) is 29.1. The fraction of sp³-hybridized carbons (Fsp3) is 0.222. The Morgan fingerprint density at radius 1 is 0.660 bits per heavy atom. The van der Waals surface area contributed by atoms with Crippen LogP contribution in [0.15, 0.2) is 111 Å². The molecule has 11 heteroatoms. The second-order valence-electron chi connectivity index (χ2n) is 10.2. The molecule has 0 atom stereocenters. The second-order valence-corrected chi connectivity index (χ2v) is 11.5. The Bertz CT molecular complexity index is 1680. The van der Waals surface area contributed by atoms with Crippen LogP contribution in [0.3, 0.4) is 0 Å². The number of aldehydes is 1. The average molecular weight is 720 g/mol. The Labute approximate surface area is 297 Å². The zero-order valence-electron chi connectivity index (χ0n) is 26.0. The van der Waals surface area contributed by atoms with Crippen molar-refractivity contribution in [1.29, 1.82) is 0 Å². The predicted molar refractivity (Wildman–Crippen MR) is 194 cm³/mol. The lowest BCUT2D eigenvalue weighted by Crippen LogP contribution is -1.82. The zero-order chi connectivity index (χ0) is 32.8. The summed E-state index contributed by atoms with van der Waals surface area (Å²) in [5, 5.41) is 1.75. The van der Waals surface area contributed by atoms with Crippen molar-refractivity contribution in [2.75, 3.05) is 0 Å². The van der Waals surface area contributed by atoms with Gasteiger partial charge < -0.3 is 13.3 Å². The highest BCUT2D eigenvalue weighted by Crippen LogP contribution is 2.25. The number of nitrogens with zero attached hydrogens (tertiary/aromatic N) is 3. The van der Waals surface area contributed by atoms with Gasteiger partial charge in [-0.15, -0.1) is 12.4 Å². The van der Waals surface area contributed by atoms with Gasteiger partial charge in [-0.05, 0) is 79.2 Å². The van der Waals surface area contributed by atoms with E-state index in [1.165, 1.54) is 6.20 Å². The summed E-state index contributed by atoms with van der Waals surface area (Å²) in [6.45, 7) is 10.4. The van der Waals surface area contributed by atoms with Crippen molar-refractivity contribution in [3.05, 3.63) is 136 Å². The average Bonchev–Trinajstić information content (AvgIpc) is 3.83. The molecule has 0 bridgehead atoms. The standard InChI is InChI=1S/C12H12ClNO.C10H6ClNO2.C7H10O.C6H6ClN.CH4.ClH/c1-8(2)11-5-6-12(15-11)10-4-3-9(13)7-14-10;11-7-1-3-9(12-5-7)10-4-2-8(6-13)14-10;1-6(2)7-4-3-5-8-7;1-5-2-3-6(7)8-4-5;;/h3-8H,1-2H3;1-6H;3-6H,1-2H3;2-4H,1H3;1H4;1H. The maximum Gasteiger partial charge on any atom is 0.185 e. The normalized spacial score (nSPS) is 9.83. The van der Waals surface area contributed by atoms with Gasteiger partial charge in [0, 0.05) is 30.4 Å². The molecule has 0 aliphatic heterocycles. The third-order valence-electron chi connectivity index (χ3n) is 5.89. The Morgan fingerprint density at radius 3 is 1.60 bits per heavy atom. The van der Waals surface area contributed by atoms with Crippen molar-refractivity contribution in [2.45, 2.75) is 53.9 Å². The number of aromatic nitrogens is 3. The molecule has 0 aliphatic carbocycles. The smallest absolute Gasteiger partial charge is 0.185 e. The summed E-state index contributed by atoms with van der Waals surface area (Å²) < 4.78 is 15.9. The summed E-state index contributed by atoms with van der Waals surface area (Å²) >= 11 is 16.9. The molecule has 0 amide bonds. The van der Waals surface area contributed by atoms with Crippen molar-refractivity contribution in [3.8, 4) is 22.9 Å². The molecular formula is C36H39Cl4N3O4. The molecule has 0 unspecified atom stereocenters. The van der Waals surface area contributed by atoms with Gasteiger partial charge in [0.05, 0.1) is 16.3 Å². The molecule has 0 spiro atoms. The van der Waals surface area contributed by atoms with Crippen LogP contribution in [0.4, 0.5) is 0 Å². The fourth-order valence-corrected chi connectivity index (χ4v) is 3.80. The van der Waals surface area contributed by atoms with Crippen LogP contribution in [-0.2, 0) is 0 Å². The highest BCUT2D eigenvalue weighted by atomic mass is 35.5. The summed E-state index contributed by atoms with van der Waals surface area (Å²) in [5.74, 6) is 4.58. The molecule has 0 saturated heterocycles. The molecule has 6 rings (SSSR count). The van der Waals surface area contributed by atoms with Gasteiger partial charge in [0.1, 0.15) is 28.1 Å². The van der Waals surface area contributed by atoms with Gasteiger partial charge in [-0.2, -0.15) is 0 Å². The van der Waals surface area contributed by atoms with Crippen molar-refractivity contribution in [3.63, 3.8) is 0 Å². The molecule has 6 aromatic rings. The molecule has 6 heterocycles. The number of pyridine rings is 3. The molecule has 0 aliphatic rings. The minimum absolute atomic E-state index is 0. The van der Waals surface area contributed by atoms with Gasteiger partial charge in [0.2, 0.25) is 0 Å². The number of halogens is 4. The number of hydrogen-bond donors (Lipinski definition) is 0. The monoisotopic (exact) mass is 717 g/mol. The van der Waals surface area contributed by atoms with Gasteiger partial charge in [0.15, 0.2) is 23.6 Å². The van der Waals surface area contributed by atoms with Crippen molar-refractivity contribution < 1.29 is 18.0 Å². The first-order chi connectivity index (χ1) is 21.5. The van der Waals surface area contributed by atoms with E-state index >= 15 is 0 Å². The van der Waals surface area contributed by atoms with E-state index in [0.29, 0.717) is 44.8 Å². The SMILES string of the molecule is C.CC(C)c1ccc(-c2ccc(Cl)cn2)o1.CC(C)c1ccco1.Cc1ccc(Cl)nc1.Cl.O=Cc1ccc(-c2ccc(Cl)cn2)o1. The van der Waals surface area contributed by atoms with Crippen LogP contribution in [0.2, 0.25) is 15.2 Å². The molecular weight excluding hydrogens is 680 g/mol. The molecule has 0 saturated carbocycles. The first kappa shape index (κ1) is 41.1. The number of hydrogen-bond acceptors (Lipinski definition) is 7. The summed E-state index contributed by atoms with van der Waals surface area (Å²) in [6, 6.07) is 21.9. The number of furan rings is 3. The van der Waals surface area contributed by atoms with E-state index in [4.69, 9.17) is 48.1 Å². The molecule has 0 N–H and O–H groups in total. The van der Waals surface area contributed by atoms with Crippen LogP contribution in [0.25, 0.3) is 22.9 Å². The second kappa shape index (κ2) is 21.1. The maximum atomic E-state index is 10.4. The van der Waals surface area contributed by atoms with E-state index in [-0.39, 0.29) is 25.6 Å². The largest absolute Gasteiger partial charge is 0.469 e. The Hall–Kier alpha value is -3.88. The third-order valence-corrected chi connectivity index (χ3v) is 6.56. The Morgan fingerprint density at radius 2 is 1.23 bits per heavy atom. The summed E-state index contributed by atoms with van der Waals surface area (Å²) in [6.07, 6.45) is 7.24. The predicted octanol–water partition coefficient (Wildman–Crippen LogP) is 12.4. The number of aryl methyl sites for hydroxylation is 1. The Kier molecular flexibility index (Phi) is 18.5. The topological polar surface area (TPSA) is 95.2 Å². The number of rotatable bonds is 5. The van der Waals surface area contributed by atoms with E-state index in [0.717, 1.165) is 28.5 Å². The molecule has 6 aromatic heterocycles. The molecule has 0 aromatic carbocycles. The minimum atomic E-state index is 0. The lowest BCUT2D eigenvalue weighted by Gasteiger charge is -1.99. The van der Waals surface area contributed by atoms with Crippen LogP contribution in [0.5, 0.6) is 0 Å². The molecule has 0 radical (unpaired) electrons. The molecule has 0 fully saturated rings. The number of carbonyl (C=O) groups is 1. The summed E-state index contributed by atoms with van der Waals surface area (Å²) in [7, 11) is 0. The quantitative estimate of drug-likeness (QED) is 0.129. The third kappa shape index (κ3) is 14.2. The van der Waals surface area contributed by atoms with Crippen LogP contribution < -0.4 is 0 Å². The van der Waals surface area contributed by atoms with Crippen LogP contribution in [-0.4, -0.2) is 21.2 Å².